The third kappa shape index (κ3) is 1.74. The van der Waals surface area contributed by atoms with E-state index in [0.29, 0.717) is 16.9 Å². The second-order valence-electron chi connectivity index (χ2n) is 4.29. The van der Waals surface area contributed by atoms with Crippen LogP contribution in [0, 0.1) is 0 Å². The quantitative estimate of drug-likeness (QED) is 0.833. The molecular formula is C15H12O3. The minimum Gasteiger partial charge on any atom is -0.508 e. The monoisotopic (exact) mass is 240 g/mol. The number of hydrogen-bond donors (Lipinski definition) is 1. The third-order valence-electron chi connectivity index (χ3n) is 3.11. The van der Waals surface area contributed by atoms with Gasteiger partial charge in [0.05, 0.1) is 12.0 Å². The summed E-state index contributed by atoms with van der Waals surface area (Å²) in [4.78, 5) is 12.0. The number of aromatic hydroxyl groups is 1. The molecule has 0 fully saturated rings. The van der Waals surface area contributed by atoms with E-state index in [0.717, 1.165) is 0 Å². The zero-order chi connectivity index (χ0) is 12.5. The Morgan fingerprint density at radius 3 is 2.61 bits per heavy atom. The average Bonchev–Trinajstić information content (AvgIpc) is 2.39. The van der Waals surface area contributed by atoms with Gasteiger partial charge in [0.2, 0.25) is 0 Å². The molecule has 0 spiro atoms. The molecule has 3 heteroatoms. The molecule has 0 radical (unpaired) electrons. The SMILES string of the molecule is O=C1CC(c2ccccc2O)Oc2ccccc21. The summed E-state index contributed by atoms with van der Waals surface area (Å²) in [6.07, 6.45) is -0.150. The summed E-state index contributed by atoms with van der Waals surface area (Å²) in [7, 11) is 0. The molecular weight excluding hydrogens is 228 g/mol. The zero-order valence-corrected chi connectivity index (χ0v) is 9.67. The lowest BCUT2D eigenvalue weighted by atomic mass is 9.96. The normalized spacial score (nSPS) is 18.0. The topological polar surface area (TPSA) is 46.5 Å². The Hall–Kier alpha value is -2.29. The van der Waals surface area contributed by atoms with E-state index in [1.54, 1.807) is 30.3 Å². The standard InChI is InChI=1S/C15H12O3/c16-12-7-3-1-5-10(12)15-9-13(17)11-6-2-4-8-14(11)18-15/h1-8,15-16H,9H2. The number of benzene rings is 2. The van der Waals surface area contributed by atoms with Crippen molar-refractivity contribution in [1.82, 2.24) is 0 Å². The molecule has 1 aliphatic heterocycles. The first-order chi connectivity index (χ1) is 8.75. The van der Waals surface area contributed by atoms with E-state index < -0.39 is 6.10 Å². The Bertz CT molecular complexity index is 604. The zero-order valence-electron chi connectivity index (χ0n) is 9.67. The summed E-state index contributed by atoms with van der Waals surface area (Å²) >= 11 is 0. The molecule has 0 amide bonds. The van der Waals surface area contributed by atoms with Crippen molar-refractivity contribution < 1.29 is 14.6 Å². The number of rotatable bonds is 1. The van der Waals surface area contributed by atoms with Gasteiger partial charge in [0, 0.05) is 5.56 Å². The van der Waals surface area contributed by atoms with Gasteiger partial charge in [0.25, 0.3) is 0 Å². The second-order valence-corrected chi connectivity index (χ2v) is 4.29. The summed E-state index contributed by atoms with van der Waals surface area (Å²) in [6, 6.07) is 14.1. The molecule has 0 aliphatic carbocycles. The van der Waals surface area contributed by atoms with Gasteiger partial charge < -0.3 is 9.84 Å². The second kappa shape index (κ2) is 4.18. The maximum Gasteiger partial charge on any atom is 0.170 e. The summed E-state index contributed by atoms with van der Waals surface area (Å²) in [5.41, 5.74) is 1.27. The lowest BCUT2D eigenvalue weighted by Gasteiger charge is -2.25. The van der Waals surface area contributed by atoms with Crippen LogP contribution in [0.4, 0.5) is 0 Å². The predicted molar refractivity (Wildman–Crippen MR) is 66.9 cm³/mol. The summed E-state index contributed by atoms with van der Waals surface area (Å²) in [5.74, 6) is 0.793. The van der Waals surface area contributed by atoms with Crippen molar-refractivity contribution in [2.24, 2.45) is 0 Å². The first-order valence-electron chi connectivity index (χ1n) is 5.82. The highest BCUT2D eigenvalue weighted by molar-refractivity contribution is 6.00. The molecule has 90 valence electrons. The first-order valence-corrected chi connectivity index (χ1v) is 5.82. The molecule has 1 aliphatic rings. The lowest BCUT2D eigenvalue weighted by Crippen LogP contribution is -2.20. The highest BCUT2D eigenvalue weighted by atomic mass is 16.5. The van der Waals surface area contributed by atoms with Crippen molar-refractivity contribution in [3.8, 4) is 11.5 Å². The van der Waals surface area contributed by atoms with Crippen molar-refractivity contribution in [1.29, 1.82) is 0 Å². The van der Waals surface area contributed by atoms with E-state index in [4.69, 9.17) is 4.74 Å². The van der Waals surface area contributed by atoms with Gasteiger partial charge >= 0.3 is 0 Å². The van der Waals surface area contributed by atoms with Crippen LogP contribution in [0.15, 0.2) is 48.5 Å². The van der Waals surface area contributed by atoms with Gasteiger partial charge in [-0.15, -0.1) is 0 Å². The van der Waals surface area contributed by atoms with Gasteiger partial charge in [-0.1, -0.05) is 30.3 Å². The molecule has 2 aromatic carbocycles. The number of Topliss-reactive ketones (excluding diaryl/α,β-unsaturated/α-hetero) is 1. The van der Waals surface area contributed by atoms with Crippen LogP contribution in [0.3, 0.4) is 0 Å². The third-order valence-corrected chi connectivity index (χ3v) is 3.11. The molecule has 3 nitrogen and oxygen atoms in total. The van der Waals surface area contributed by atoms with E-state index in [2.05, 4.69) is 0 Å². The number of fused-ring (bicyclic) bond motifs is 1. The van der Waals surface area contributed by atoms with E-state index in [9.17, 15) is 9.90 Å². The van der Waals surface area contributed by atoms with Crippen molar-refractivity contribution >= 4 is 5.78 Å². The minimum atomic E-state index is -0.409. The van der Waals surface area contributed by atoms with Crippen LogP contribution in [0.5, 0.6) is 11.5 Å². The smallest absolute Gasteiger partial charge is 0.170 e. The van der Waals surface area contributed by atoms with Crippen LogP contribution < -0.4 is 4.74 Å². The largest absolute Gasteiger partial charge is 0.508 e. The highest BCUT2D eigenvalue weighted by Gasteiger charge is 2.28. The summed E-state index contributed by atoms with van der Waals surface area (Å²) in [6.45, 7) is 0. The molecule has 0 bridgehead atoms. The van der Waals surface area contributed by atoms with Crippen molar-refractivity contribution in [2.45, 2.75) is 12.5 Å². The van der Waals surface area contributed by atoms with Crippen LogP contribution in [-0.2, 0) is 0 Å². The lowest BCUT2D eigenvalue weighted by molar-refractivity contribution is 0.0847. The number of phenols is 1. The number of ketones is 1. The number of hydrogen-bond acceptors (Lipinski definition) is 3. The first kappa shape index (κ1) is 10.8. The van der Waals surface area contributed by atoms with Gasteiger partial charge in [-0.25, -0.2) is 0 Å². The molecule has 0 saturated heterocycles. The Balaban J connectivity index is 2.00. The number of carbonyl (C=O) groups excluding carboxylic acids is 1. The van der Waals surface area contributed by atoms with E-state index in [1.165, 1.54) is 0 Å². The van der Waals surface area contributed by atoms with Gasteiger partial charge in [-0.3, -0.25) is 4.79 Å². The number of para-hydroxylation sites is 2. The van der Waals surface area contributed by atoms with E-state index >= 15 is 0 Å². The fourth-order valence-electron chi connectivity index (χ4n) is 2.21. The summed E-state index contributed by atoms with van der Waals surface area (Å²) < 4.78 is 5.79. The number of ether oxygens (including phenoxy) is 1. The van der Waals surface area contributed by atoms with E-state index in [-0.39, 0.29) is 18.0 Å². The number of phenolic OH excluding ortho intramolecular Hbond substituents is 1. The number of carbonyl (C=O) groups is 1. The molecule has 0 saturated carbocycles. The molecule has 3 rings (SSSR count). The van der Waals surface area contributed by atoms with Crippen molar-refractivity contribution in [3.05, 3.63) is 59.7 Å². The maximum absolute atomic E-state index is 12.0. The molecule has 1 N–H and O–H groups in total. The maximum atomic E-state index is 12.0. The highest BCUT2D eigenvalue weighted by Crippen LogP contribution is 2.37. The van der Waals surface area contributed by atoms with Gasteiger partial charge in [-0.05, 0) is 18.2 Å². The van der Waals surface area contributed by atoms with Crippen molar-refractivity contribution in [3.63, 3.8) is 0 Å². The van der Waals surface area contributed by atoms with E-state index in [1.807, 2.05) is 18.2 Å². The van der Waals surface area contributed by atoms with Crippen LogP contribution >= 0.6 is 0 Å². The van der Waals surface area contributed by atoms with Crippen LogP contribution in [0.1, 0.15) is 28.4 Å². The Morgan fingerprint density at radius 1 is 1.06 bits per heavy atom. The molecule has 1 heterocycles. The molecule has 1 atom stereocenters. The molecule has 1 unspecified atom stereocenters. The van der Waals surface area contributed by atoms with Crippen LogP contribution in [0.2, 0.25) is 0 Å². The predicted octanol–water partition coefficient (Wildman–Crippen LogP) is 3.10. The Kier molecular flexibility index (Phi) is 2.52. The molecule has 18 heavy (non-hydrogen) atoms. The minimum absolute atomic E-state index is 0.0464. The summed E-state index contributed by atoms with van der Waals surface area (Å²) in [5, 5.41) is 9.81. The van der Waals surface area contributed by atoms with Crippen LogP contribution in [-0.4, -0.2) is 10.9 Å². The van der Waals surface area contributed by atoms with Gasteiger partial charge in [0.1, 0.15) is 17.6 Å². The fraction of sp³-hybridized carbons (Fsp3) is 0.133. The Morgan fingerprint density at radius 2 is 1.78 bits per heavy atom. The molecule has 2 aromatic rings. The van der Waals surface area contributed by atoms with Crippen molar-refractivity contribution in [2.75, 3.05) is 0 Å². The molecule has 0 aromatic heterocycles. The van der Waals surface area contributed by atoms with Gasteiger partial charge in [-0.2, -0.15) is 0 Å². The Labute approximate surface area is 105 Å². The fourth-order valence-corrected chi connectivity index (χ4v) is 2.21. The van der Waals surface area contributed by atoms with Crippen LogP contribution in [0.25, 0.3) is 0 Å². The van der Waals surface area contributed by atoms with Gasteiger partial charge in [0.15, 0.2) is 5.78 Å². The average molecular weight is 240 g/mol.